The number of halogens is 2. The van der Waals surface area contributed by atoms with E-state index in [2.05, 4.69) is 26.3 Å². The summed E-state index contributed by atoms with van der Waals surface area (Å²) < 4.78 is 27.7. The average molecular weight is 974 g/mol. The Balaban J connectivity index is 0.985. The van der Waals surface area contributed by atoms with E-state index in [1.165, 1.54) is 17.2 Å². The molecule has 1 aromatic heterocycles. The first kappa shape index (κ1) is 52.3. The van der Waals surface area contributed by atoms with Gasteiger partial charge in [0.15, 0.2) is 0 Å². The van der Waals surface area contributed by atoms with E-state index < -0.39 is 98.2 Å². The number of carbonyl (C=O) groups excluding carboxylic acids is 5. The monoisotopic (exact) mass is 973 g/mol. The maximum atomic E-state index is 13.9. The molecule has 2 saturated carbocycles. The number of carboxylic acids is 3. The zero-order valence-electron chi connectivity index (χ0n) is 38.4. The van der Waals surface area contributed by atoms with E-state index in [1.54, 1.807) is 53.4 Å². The quantitative estimate of drug-likeness (QED) is 0.0808. The van der Waals surface area contributed by atoms with Crippen molar-refractivity contribution in [3.63, 3.8) is 0 Å². The second-order valence-corrected chi connectivity index (χ2v) is 18.1. The van der Waals surface area contributed by atoms with Crippen LogP contribution in [0.2, 0.25) is 0 Å². The highest BCUT2D eigenvalue weighted by Gasteiger charge is 2.47. The predicted molar refractivity (Wildman–Crippen MR) is 246 cm³/mol. The molecular formula is C48H57F2N9O11. The van der Waals surface area contributed by atoms with E-state index in [0.29, 0.717) is 36.6 Å². The minimum absolute atomic E-state index is 0.0293. The molecule has 22 heteroatoms. The fraction of sp³-hybridized carbons (Fsp3) is 0.500. The third-order valence-electron chi connectivity index (χ3n) is 12.9. The number of carboxylic acid groups (broad SMARTS) is 3. The summed E-state index contributed by atoms with van der Waals surface area (Å²) in [4.78, 5) is 109. The highest BCUT2D eigenvalue weighted by molar-refractivity contribution is 6.10. The molecule has 3 aromatic rings. The minimum Gasteiger partial charge on any atom is -0.480 e. The smallest absolute Gasteiger partial charge is 0.317 e. The van der Waals surface area contributed by atoms with Crippen molar-refractivity contribution in [1.29, 1.82) is 5.26 Å². The largest absolute Gasteiger partial charge is 0.480 e. The van der Waals surface area contributed by atoms with Crippen LogP contribution in [0.1, 0.15) is 92.1 Å². The minimum atomic E-state index is -3.21. The number of benzene rings is 2. The maximum Gasteiger partial charge on any atom is 0.317 e. The Morgan fingerprint density at radius 3 is 1.94 bits per heavy atom. The lowest BCUT2D eigenvalue weighted by Gasteiger charge is -2.44. The molecule has 0 bridgehead atoms. The Morgan fingerprint density at radius 2 is 1.31 bits per heavy atom. The Morgan fingerprint density at radius 1 is 0.743 bits per heavy atom. The molecule has 3 fully saturated rings. The molecule has 4 unspecified atom stereocenters. The molecule has 2 heterocycles. The molecule has 2 aromatic carbocycles. The zero-order chi connectivity index (χ0) is 50.5. The molecule has 374 valence electrons. The molecule has 70 heavy (non-hydrogen) atoms. The molecular weight excluding hydrogens is 917 g/mol. The Kier molecular flexibility index (Phi) is 17.9. The van der Waals surface area contributed by atoms with Gasteiger partial charge >= 0.3 is 17.9 Å². The first-order valence-electron chi connectivity index (χ1n) is 23.2. The Labute approximate surface area is 401 Å². The first-order chi connectivity index (χ1) is 33.4. The van der Waals surface area contributed by atoms with Gasteiger partial charge in [0, 0.05) is 61.6 Å². The van der Waals surface area contributed by atoms with Crippen LogP contribution >= 0.6 is 0 Å². The molecule has 0 radical (unpaired) electrons. The number of nitrogens with zero attached hydrogens (tertiary/aromatic N) is 5. The van der Waals surface area contributed by atoms with Gasteiger partial charge in [-0.25, -0.2) is 8.78 Å². The van der Waals surface area contributed by atoms with Crippen LogP contribution in [0.3, 0.4) is 0 Å². The number of fused-ring (bicyclic) bond motifs is 1. The zero-order valence-corrected chi connectivity index (χ0v) is 38.4. The van der Waals surface area contributed by atoms with Crippen LogP contribution in [0.25, 0.3) is 10.9 Å². The lowest BCUT2D eigenvalue weighted by molar-refractivity contribution is -0.146. The molecule has 1 saturated heterocycles. The number of aliphatic carboxylic acids is 3. The molecule has 1 aliphatic heterocycles. The number of nitriles is 1. The van der Waals surface area contributed by atoms with Gasteiger partial charge in [0.1, 0.15) is 6.04 Å². The molecule has 5 amide bonds. The van der Waals surface area contributed by atoms with Gasteiger partial charge in [0.25, 0.3) is 11.8 Å². The number of amides is 5. The van der Waals surface area contributed by atoms with Gasteiger partial charge in [-0.15, -0.1) is 0 Å². The summed E-state index contributed by atoms with van der Waals surface area (Å²) in [7, 11) is 0. The Hall–Kier alpha value is -7.12. The van der Waals surface area contributed by atoms with Gasteiger partial charge < -0.3 is 41.5 Å². The number of anilines is 1. The topological polar surface area (TPSA) is 292 Å². The van der Waals surface area contributed by atoms with Gasteiger partial charge in [0.2, 0.25) is 23.6 Å². The van der Waals surface area contributed by atoms with Crippen molar-refractivity contribution in [2.75, 3.05) is 38.0 Å². The average Bonchev–Trinajstić information content (AvgIpc) is 3.64. The number of hydrogen-bond donors (Lipinski definition) is 7. The molecule has 7 N–H and O–H groups in total. The van der Waals surface area contributed by atoms with Crippen LogP contribution in [-0.4, -0.2) is 151 Å². The summed E-state index contributed by atoms with van der Waals surface area (Å²) in [6, 6.07) is 12.0. The number of hydrogen-bond acceptors (Lipinski definition) is 12. The number of nitrogens with one attached hydrogen (secondary N) is 4. The lowest BCUT2D eigenvalue weighted by atomic mass is 9.87. The van der Waals surface area contributed by atoms with Crippen LogP contribution in [0.15, 0.2) is 54.7 Å². The predicted octanol–water partition coefficient (Wildman–Crippen LogP) is 2.90. The van der Waals surface area contributed by atoms with Crippen LogP contribution in [-0.2, 0) is 46.5 Å². The molecule has 6 rings (SSSR count). The normalized spacial score (nSPS) is 20.8. The first-order valence-corrected chi connectivity index (χ1v) is 23.2. The van der Waals surface area contributed by atoms with Gasteiger partial charge in [-0.05, 0) is 48.9 Å². The van der Waals surface area contributed by atoms with E-state index in [-0.39, 0.29) is 67.1 Å². The summed E-state index contributed by atoms with van der Waals surface area (Å²) >= 11 is 0. The second-order valence-electron chi connectivity index (χ2n) is 18.1. The Bertz CT molecular complexity index is 2470. The molecule has 3 aliphatic rings. The van der Waals surface area contributed by atoms with Gasteiger partial charge in [-0.2, -0.15) is 5.26 Å². The van der Waals surface area contributed by atoms with Crippen molar-refractivity contribution in [1.82, 2.24) is 35.6 Å². The van der Waals surface area contributed by atoms with E-state index in [0.717, 1.165) is 36.1 Å². The van der Waals surface area contributed by atoms with Gasteiger partial charge in [-0.3, -0.25) is 53.1 Å². The van der Waals surface area contributed by atoms with Crippen molar-refractivity contribution in [2.24, 2.45) is 0 Å². The summed E-state index contributed by atoms with van der Waals surface area (Å²) in [5.41, 5.74) is 2.04. The molecule has 2 aliphatic carbocycles. The third-order valence-corrected chi connectivity index (χ3v) is 12.9. The highest BCUT2D eigenvalue weighted by atomic mass is 19.3. The van der Waals surface area contributed by atoms with Crippen LogP contribution < -0.4 is 21.3 Å². The number of aromatic nitrogens is 1. The number of carbonyl (C=O) groups is 8. The molecule has 5 atom stereocenters. The van der Waals surface area contributed by atoms with E-state index >= 15 is 0 Å². The van der Waals surface area contributed by atoms with Gasteiger partial charge in [0.05, 0.1) is 62.0 Å². The number of rotatable bonds is 21. The van der Waals surface area contributed by atoms with Crippen molar-refractivity contribution in [3.8, 4) is 6.07 Å². The number of alkyl halides is 2. The van der Waals surface area contributed by atoms with E-state index in [4.69, 9.17) is 0 Å². The lowest BCUT2D eigenvalue weighted by Crippen LogP contribution is -2.56. The van der Waals surface area contributed by atoms with Crippen molar-refractivity contribution in [3.05, 3.63) is 71.4 Å². The summed E-state index contributed by atoms with van der Waals surface area (Å²) in [5, 5.41) is 49.5. The van der Waals surface area contributed by atoms with E-state index in [9.17, 15) is 67.7 Å². The van der Waals surface area contributed by atoms with Crippen LogP contribution in [0, 0.1) is 11.3 Å². The third kappa shape index (κ3) is 14.5. The van der Waals surface area contributed by atoms with Crippen LogP contribution in [0.4, 0.5) is 14.5 Å². The van der Waals surface area contributed by atoms with Crippen molar-refractivity contribution < 1.29 is 62.5 Å². The number of pyridine rings is 1. The standard InChI is InChI=1S/C48H57F2N9O11/c49-48(50)21-31(22-51)59(28-48)42(63)23-53-47(70)33-18-19-52-46-32(33)6-5-9-36(46)56-40(61)17-16-39(60)54-34-7-1-2-8-35(34)55-41(62)20-29-12-14-30(15-13-29)24-57(25-43(64)65)37-10-3-4-11-38(37)58(26-44(66)67)27-45(68)69/h5-6,9,12-15,18-19,31,34-35,37-38H,1-4,7-8,10-11,16-17,20-21,23-28H2,(H,53,70)(H,54,60)(H,55,62)(H,56,61)(H,64,65)(H,66,67)(H,68,69)/t31-,34?,35?,37?,38?/m0/s1. The van der Waals surface area contributed by atoms with Crippen molar-refractivity contribution in [2.45, 2.75) is 120 Å². The molecule has 20 nitrogen and oxygen atoms in total. The fourth-order valence-electron chi connectivity index (χ4n) is 9.70. The molecule has 0 spiro atoms. The summed E-state index contributed by atoms with van der Waals surface area (Å²) in [5.74, 6) is -9.35. The second kappa shape index (κ2) is 23.9. The maximum absolute atomic E-state index is 13.9. The summed E-state index contributed by atoms with van der Waals surface area (Å²) in [6.45, 7) is -2.65. The fourth-order valence-corrected chi connectivity index (χ4v) is 9.70. The highest BCUT2D eigenvalue weighted by Crippen LogP contribution is 2.32. The SMILES string of the molecule is N#C[C@@H]1CC(F)(F)CN1C(=O)CNC(=O)c1ccnc2c(NC(=O)CCC(=O)NC3CCCCC3NC(=O)Cc3ccc(CN(CC(=O)O)C4CCCCC4N(CC(=O)O)CC(=O)O)cc3)cccc12. The number of para-hydroxylation sites is 1. The van der Waals surface area contributed by atoms with Crippen LogP contribution in [0.5, 0.6) is 0 Å². The van der Waals surface area contributed by atoms with Gasteiger partial charge in [-0.1, -0.05) is 62.1 Å². The summed E-state index contributed by atoms with van der Waals surface area (Å²) in [6.07, 6.45) is 5.71. The van der Waals surface area contributed by atoms with E-state index in [1.807, 2.05) is 0 Å². The van der Waals surface area contributed by atoms with Crippen molar-refractivity contribution >= 4 is 64.0 Å². The number of likely N-dealkylation sites (tertiary alicyclic amines) is 1.